The second kappa shape index (κ2) is 8.59. The average molecular weight is 409 g/mol. The van der Waals surface area contributed by atoms with Crippen LogP contribution in [0.1, 0.15) is 27.0 Å². The maximum Gasteiger partial charge on any atom is 0.255 e. The Balaban J connectivity index is 1.68. The highest BCUT2D eigenvalue weighted by Gasteiger charge is 2.20. The molecule has 150 valence electrons. The third-order valence-electron chi connectivity index (χ3n) is 4.63. The monoisotopic (exact) mass is 408 g/mol. The molecule has 1 N–H and O–H groups in total. The lowest BCUT2D eigenvalue weighted by Gasteiger charge is -2.17. The van der Waals surface area contributed by atoms with Crippen molar-refractivity contribution in [3.63, 3.8) is 0 Å². The molecule has 0 aromatic heterocycles. The van der Waals surface area contributed by atoms with E-state index in [1.54, 1.807) is 55.6 Å². The molecular formula is C23H24N2O3S. The van der Waals surface area contributed by atoms with Gasteiger partial charge in [-0.25, -0.2) is 8.42 Å². The maximum atomic E-state index is 12.7. The Labute approximate surface area is 172 Å². The number of carbonyl (C=O) groups is 1. The minimum absolute atomic E-state index is 0.206. The standard InChI is InChI=1S/C23H24N2O3S/c1-17-7-13-22(14-8-17)29(27,28)25(3)16-19-9-11-20(12-10-19)23(26)24-21-6-4-5-18(2)15-21/h4-15H,16H2,1-3H3,(H,24,26). The molecule has 1 amide bonds. The minimum Gasteiger partial charge on any atom is -0.322 e. The molecule has 5 nitrogen and oxygen atoms in total. The average Bonchev–Trinajstić information content (AvgIpc) is 2.69. The van der Waals surface area contributed by atoms with Crippen LogP contribution in [-0.2, 0) is 16.6 Å². The molecule has 3 aromatic rings. The second-order valence-corrected chi connectivity index (χ2v) is 9.14. The molecule has 3 aromatic carbocycles. The normalized spacial score (nSPS) is 11.4. The van der Waals surface area contributed by atoms with Crippen LogP contribution >= 0.6 is 0 Å². The molecule has 0 bridgehead atoms. The molecule has 0 unspecified atom stereocenters. The summed E-state index contributed by atoms with van der Waals surface area (Å²) in [6, 6.07) is 21.3. The van der Waals surface area contributed by atoms with Gasteiger partial charge in [-0.15, -0.1) is 0 Å². The molecule has 0 saturated heterocycles. The molecule has 0 saturated carbocycles. The molecular weight excluding hydrogens is 384 g/mol. The Morgan fingerprint density at radius 2 is 1.55 bits per heavy atom. The summed E-state index contributed by atoms with van der Waals surface area (Å²) in [6.45, 7) is 4.10. The van der Waals surface area contributed by atoms with Crippen molar-refractivity contribution in [3.05, 3.63) is 95.1 Å². The van der Waals surface area contributed by atoms with Gasteiger partial charge in [-0.1, -0.05) is 42.0 Å². The number of carbonyl (C=O) groups excluding carboxylic acids is 1. The summed E-state index contributed by atoms with van der Waals surface area (Å²) < 4.78 is 26.7. The Morgan fingerprint density at radius 1 is 0.897 bits per heavy atom. The van der Waals surface area contributed by atoms with Gasteiger partial charge in [-0.05, 0) is 61.4 Å². The van der Waals surface area contributed by atoms with Crippen molar-refractivity contribution < 1.29 is 13.2 Å². The van der Waals surface area contributed by atoms with Crippen LogP contribution in [0, 0.1) is 13.8 Å². The first-order valence-electron chi connectivity index (χ1n) is 9.26. The summed E-state index contributed by atoms with van der Waals surface area (Å²) in [5.74, 6) is -0.206. The van der Waals surface area contributed by atoms with Crippen molar-refractivity contribution in [1.29, 1.82) is 0 Å². The molecule has 0 spiro atoms. The van der Waals surface area contributed by atoms with Crippen LogP contribution in [0.3, 0.4) is 0 Å². The van der Waals surface area contributed by atoms with Gasteiger partial charge in [-0.2, -0.15) is 4.31 Å². The number of hydrogen-bond acceptors (Lipinski definition) is 3. The van der Waals surface area contributed by atoms with Crippen molar-refractivity contribution in [2.75, 3.05) is 12.4 Å². The van der Waals surface area contributed by atoms with E-state index in [1.807, 2.05) is 38.1 Å². The van der Waals surface area contributed by atoms with Gasteiger partial charge >= 0.3 is 0 Å². The minimum atomic E-state index is -3.57. The highest BCUT2D eigenvalue weighted by atomic mass is 32.2. The zero-order chi connectivity index (χ0) is 21.0. The highest BCUT2D eigenvalue weighted by molar-refractivity contribution is 7.89. The Morgan fingerprint density at radius 3 is 2.17 bits per heavy atom. The van der Waals surface area contributed by atoms with Gasteiger partial charge < -0.3 is 5.32 Å². The smallest absolute Gasteiger partial charge is 0.255 e. The number of nitrogens with zero attached hydrogens (tertiary/aromatic N) is 1. The molecule has 6 heteroatoms. The van der Waals surface area contributed by atoms with Crippen molar-refractivity contribution in [3.8, 4) is 0 Å². The van der Waals surface area contributed by atoms with E-state index in [2.05, 4.69) is 5.32 Å². The molecule has 0 aliphatic carbocycles. The van der Waals surface area contributed by atoms with Gasteiger partial charge in [0.1, 0.15) is 0 Å². The molecule has 0 radical (unpaired) electrons. The van der Waals surface area contributed by atoms with E-state index in [9.17, 15) is 13.2 Å². The summed E-state index contributed by atoms with van der Waals surface area (Å²) in [6.07, 6.45) is 0. The van der Waals surface area contributed by atoms with Crippen LogP contribution in [0.4, 0.5) is 5.69 Å². The van der Waals surface area contributed by atoms with Gasteiger partial charge in [0.2, 0.25) is 10.0 Å². The molecule has 3 rings (SSSR count). The van der Waals surface area contributed by atoms with Crippen molar-refractivity contribution in [2.45, 2.75) is 25.3 Å². The number of benzene rings is 3. The van der Waals surface area contributed by atoms with Gasteiger partial charge in [0.15, 0.2) is 0 Å². The van der Waals surface area contributed by atoms with Crippen molar-refractivity contribution >= 4 is 21.6 Å². The van der Waals surface area contributed by atoms with E-state index in [1.165, 1.54) is 4.31 Å². The fraction of sp³-hybridized carbons (Fsp3) is 0.174. The predicted octanol–water partition coefficient (Wildman–Crippen LogP) is 4.38. The summed E-state index contributed by atoms with van der Waals surface area (Å²) in [7, 11) is -2.02. The fourth-order valence-corrected chi connectivity index (χ4v) is 4.08. The molecule has 29 heavy (non-hydrogen) atoms. The first-order chi connectivity index (χ1) is 13.8. The maximum absolute atomic E-state index is 12.7. The molecule has 0 heterocycles. The van der Waals surface area contributed by atoms with Gasteiger partial charge in [0.25, 0.3) is 5.91 Å². The SMILES string of the molecule is Cc1ccc(S(=O)(=O)N(C)Cc2ccc(C(=O)Nc3cccc(C)c3)cc2)cc1. The first-order valence-corrected chi connectivity index (χ1v) is 10.7. The summed E-state index contributed by atoms with van der Waals surface area (Å²) in [4.78, 5) is 12.7. The first kappa shape index (κ1) is 20.8. The van der Waals surface area contributed by atoms with Crippen molar-refractivity contribution in [2.24, 2.45) is 0 Å². The van der Waals surface area contributed by atoms with E-state index < -0.39 is 10.0 Å². The Bertz CT molecular complexity index is 1110. The van der Waals surface area contributed by atoms with Crippen LogP contribution in [-0.4, -0.2) is 25.7 Å². The summed E-state index contributed by atoms with van der Waals surface area (Å²) >= 11 is 0. The Hall–Kier alpha value is -2.96. The number of rotatable bonds is 6. The lowest BCUT2D eigenvalue weighted by atomic mass is 10.1. The van der Waals surface area contributed by atoms with Crippen LogP contribution in [0.15, 0.2) is 77.7 Å². The molecule has 0 fully saturated rings. The highest BCUT2D eigenvalue weighted by Crippen LogP contribution is 2.18. The number of amides is 1. The summed E-state index contributed by atoms with van der Waals surface area (Å²) in [5.41, 5.74) is 4.12. The molecule has 0 aliphatic heterocycles. The zero-order valence-electron chi connectivity index (χ0n) is 16.7. The van der Waals surface area contributed by atoms with Crippen LogP contribution in [0.5, 0.6) is 0 Å². The number of sulfonamides is 1. The largest absolute Gasteiger partial charge is 0.322 e. The van der Waals surface area contributed by atoms with Crippen LogP contribution < -0.4 is 5.32 Å². The molecule has 0 atom stereocenters. The Kier molecular flexibility index (Phi) is 6.15. The summed E-state index contributed by atoms with van der Waals surface area (Å²) in [5, 5.41) is 2.86. The van der Waals surface area contributed by atoms with E-state index >= 15 is 0 Å². The molecule has 0 aliphatic rings. The van der Waals surface area contributed by atoms with Gasteiger partial charge in [-0.3, -0.25) is 4.79 Å². The van der Waals surface area contributed by atoms with E-state index in [-0.39, 0.29) is 17.3 Å². The van der Waals surface area contributed by atoms with Gasteiger partial charge in [0, 0.05) is 24.8 Å². The lowest BCUT2D eigenvalue weighted by Crippen LogP contribution is -2.26. The number of hydrogen-bond donors (Lipinski definition) is 1. The number of anilines is 1. The van der Waals surface area contributed by atoms with E-state index in [4.69, 9.17) is 0 Å². The van der Waals surface area contributed by atoms with Crippen molar-refractivity contribution in [1.82, 2.24) is 4.31 Å². The quantitative estimate of drug-likeness (QED) is 0.658. The van der Waals surface area contributed by atoms with Crippen LogP contribution in [0.25, 0.3) is 0 Å². The van der Waals surface area contributed by atoms with Gasteiger partial charge in [0.05, 0.1) is 4.90 Å². The lowest BCUT2D eigenvalue weighted by molar-refractivity contribution is 0.102. The predicted molar refractivity (Wildman–Crippen MR) is 115 cm³/mol. The fourth-order valence-electron chi connectivity index (χ4n) is 2.92. The topological polar surface area (TPSA) is 66.5 Å². The number of aryl methyl sites for hydroxylation is 2. The van der Waals surface area contributed by atoms with E-state index in [0.29, 0.717) is 5.56 Å². The third kappa shape index (κ3) is 5.10. The zero-order valence-corrected chi connectivity index (χ0v) is 17.5. The number of nitrogens with one attached hydrogen (secondary N) is 1. The third-order valence-corrected chi connectivity index (χ3v) is 6.44. The van der Waals surface area contributed by atoms with E-state index in [0.717, 1.165) is 22.4 Å². The van der Waals surface area contributed by atoms with Crippen LogP contribution in [0.2, 0.25) is 0 Å². The second-order valence-electron chi connectivity index (χ2n) is 7.09.